The topological polar surface area (TPSA) is 64.2 Å². The Hall–Kier alpha value is -1.77. The van der Waals surface area contributed by atoms with Gasteiger partial charge in [-0.05, 0) is 48.9 Å². The van der Waals surface area contributed by atoms with Crippen LogP contribution in [0.5, 0.6) is 0 Å². The number of carbonyl (C=O) groups is 1. The summed E-state index contributed by atoms with van der Waals surface area (Å²) in [5, 5.41) is 4.24. The van der Waals surface area contributed by atoms with E-state index in [0.717, 1.165) is 23.7 Å². The summed E-state index contributed by atoms with van der Waals surface area (Å²) in [5.41, 5.74) is 4.74. The highest BCUT2D eigenvalue weighted by atomic mass is 35.5. The summed E-state index contributed by atoms with van der Waals surface area (Å²) in [7, 11) is 0. The predicted octanol–water partition coefficient (Wildman–Crippen LogP) is 3.78. The Bertz CT molecular complexity index is 869. The molecule has 2 fully saturated rings. The molecule has 1 aliphatic heterocycles. The van der Waals surface area contributed by atoms with E-state index in [-0.39, 0.29) is 36.0 Å². The number of amides is 1. The molecule has 1 aromatic heterocycles. The molecular weight excluding hydrogens is 416 g/mol. The van der Waals surface area contributed by atoms with Crippen LogP contribution in [0.15, 0.2) is 30.5 Å². The van der Waals surface area contributed by atoms with E-state index >= 15 is 0 Å². The Morgan fingerprint density at radius 1 is 1.18 bits per heavy atom. The first-order valence-corrected chi connectivity index (χ1v) is 9.09. The maximum atomic E-state index is 13.8. The van der Waals surface area contributed by atoms with Gasteiger partial charge in [0, 0.05) is 24.2 Å². The number of nitrogens with zero attached hydrogens (tertiary/aromatic N) is 3. The number of nitrogens with two attached hydrogens (primary N) is 1. The Balaban J connectivity index is 0.00000225. The van der Waals surface area contributed by atoms with Crippen molar-refractivity contribution in [3.8, 4) is 5.69 Å². The molecule has 2 aliphatic rings. The fourth-order valence-electron chi connectivity index (χ4n) is 4.20. The molecule has 28 heavy (non-hydrogen) atoms. The quantitative estimate of drug-likeness (QED) is 0.781. The van der Waals surface area contributed by atoms with Crippen LogP contribution in [-0.2, 0) is 6.18 Å². The molecule has 1 aromatic carbocycles. The molecule has 2 N–H and O–H groups in total. The third kappa shape index (κ3) is 3.60. The van der Waals surface area contributed by atoms with Gasteiger partial charge in [-0.15, -0.1) is 12.4 Å². The van der Waals surface area contributed by atoms with E-state index in [9.17, 15) is 18.0 Å². The zero-order valence-corrected chi connectivity index (χ0v) is 16.3. The lowest BCUT2D eigenvalue weighted by atomic mass is 9.98. The SMILES string of the molecule is Cl.NC1CCC2CN(C(=O)c3cnn(-c4ccc(Cl)cc4)c3C(F)(F)F)CC12. The van der Waals surface area contributed by atoms with Crippen LogP contribution in [0.1, 0.15) is 28.9 Å². The Kier molecular flexibility index (Phi) is 5.67. The van der Waals surface area contributed by atoms with Crippen molar-refractivity contribution < 1.29 is 18.0 Å². The fraction of sp³-hybridized carbons (Fsp3) is 0.444. The molecule has 0 spiro atoms. The van der Waals surface area contributed by atoms with Gasteiger partial charge in [0.2, 0.25) is 0 Å². The van der Waals surface area contributed by atoms with Crippen molar-refractivity contribution in [2.24, 2.45) is 17.6 Å². The number of fused-ring (bicyclic) bond motifs is 1. The number of rotatable bonds is 2. The van der Waals surface area contributed by atoms with Crippen molar-refractivity contribution in [1.82, 2.24) is 14.7 Å². The van der Waals surface area contributed by atoms with E-state index in [4.69, 9.17) is 17.3 Å². The standard InChI is InChI=1S/C18H18ClF3N4O.ClH/c19-11-2-4-12(5-3-11)26-16(18(20,21)22)13(7-24-26)17(27)25-8-10-1-6-15(23)14(10)9-25;/h2-5,7,10,14-15H,1,6,8-9,23H2;1H. The molecule has 0 radical (unpaired) electrons. The number of carbonyl (C=O) groups excluding carboxylic acids is 1. The average molecular weight is 435 g/mol. The normalized spacial score (nSPS) is 24.2. The second-order valence-electron chi connectivity index (χ2n) is 7.17. The average Bonchev–Trinajstić information content (AvgIpc) is 3.30. The smallest absolute Gasteiger partial charge is 0.338 e. The second-order valence-corrected chi connectivity index (χ2v) is 7.60. The molecule has 2 heterocycles. The van der Waals surface area contributed by atoms with Crippen molar-refractivity contribution in [2.75, 3.05) is 13.1 Å². The summed E-state index contributed by atoms with van der Waals surface area (Å²) < 4.78 is 42.1. The number of hydrogen-bond donors (Lipinski definition) is 1. The second kappa shape index (κ2) is 7.57. The molecule has 0 bridgehead atoms. The highest BCUT2D eigenvalue weighted by molar-refractivity contribution is 6.30. The minimum absolute atomic E-state index is 0. The minimum atomic E-state index is -4.73. The van der Waals surface area contributed by atoms with Crippen LogP contribution < -0.4 is 5.73 Å². The Labute approximate surface area is 171 Å². The van der Waals surface area contributed by atoms with E-state index in [1.165, 1.54) is 29.2 Å². The molecule has 10 heteroatoms. The van der Waals surface area contributed by atoms with Gasteiger partial charge in [-0.3, -0.25) is 4.79 Å². The highest BCUT2D eigenvalue weighted by Crippen LogP contribution is 2.39. The zero-order valence-electron chi connectivity index (χ0n) is 14.7. The lowest BCUT2D eigenvalue weighted by Gasteiger charge is -2.20. The summed E-state index contributed by atoms with van der Waals surface area (Å²) >= 11 is 5.81. The number of benzene rings is 1. The molecule has 152 valence electrons. The van der Waals surface area contributed by atoms with Crippen molar-refractivity contribution >= 4 is 29.9 Å². The summed E-state index contributed by atoms with van der Waals surface area (Å²) in [6.07, 6.45) is -1.92. The first kappa shape index (κ1) is 21.0. The van der Waals surface area contributed by atoms with Gasteiger partial charge in [0.15, 0.2) is 5.69 Å². The van der Waals surface area contributed by atoms with Crippen LogP contribution >= 0.6 is 24.0 Å². The Morgan fingerprint density at radius 3 is 2.46 bits per heavy atom. The summed E-state index contributed by atoms with van der Waals surface area (Å²) in [6.45, 7) is 0.842. The summed E-state index contributed by atoms with van der Waals surface area (Å²) in [6, 6.07) is 5.81. The van der Waals surface area contributed by atoms with Crippen molar-refractivity contribution in [3.05, 3.63) is 46.7 Å². The molecule has 4 rings (SSSR count). The maximum absolute atomic E-state index is 13.8. The minimum Gasteiger partial charge on any atom is -0.338 e. The lowest BCUT2D eigenvalue weighted by molar-refractivity contribution is -0.143. The molecule has 2 aromatic rings. The number of halogens is 5. The van der Waals surface area contributed by atoms with E-state index in [1.54, 1.807) is 0 Å². The molecular formula is C18H19Cl2F3N4O. The van der Waals surface area contributed by atoms with Crippen LogP contribution in [0.25, 0.3) is 5.69 Å². The molecule has 1 aliphatic carbocycles. The predicted molar refractivity (Wildman–Crippen MR) is 101 cm³/mol. The van der Waals surface area contributed by atoms with Crippen molar-refractivity contribution in [3.63, 3.8) is 0 Å². The van der Waals surface area contributed by atoms with Gasteiger partial charge in [0.05, 0.1) is 17.4 Å². The number of likely N-dealkylation sites (tertiary alicyclic amines) is 1. The van der Waals surface area contributed by atoms with Gasteiger partial charge >= 0.3 is 6.18 Å². The van der Waals surface area contributed by atoms with E-state index in [0.29, 0.717) is 18.1 Å². The third-order valence-electron chi connectivity index (χ3n) is 5.54. The number of hydrogen-bond acceptors (Lipinski definition) is 3. The lowest BCUT2D eigenvalue weighted by Crippen LogP contribution is -2.34. The van der Waals surface area contributed by atoms with Crippen molar-refractivity contribution in [2.45, 2.75) is 25.1 Å². The van der Waals surface area contributed by atoms with Gasteiger partial charge in [-0.2, -0.15) is 18.3 Å². The molecule has 1 amide bonds. The number of aromatic nitrogens is 2. The summed E-state index contributed by atoms with van der Waals surface area (Å²) in [5.74, 6) is -0.219. The van der Waals surface area contributed by atoms with Gasteiger partial charge in [-0.25, -0.2) is 4.68 Å². The van der Waals surface area contributed by atoms with Gasteiger partial charge in [0.1, 0.15) is 0 Å². The molecule has 1 saturated carbocycles. The molecule has 3 unspecified atom stereocenters. The first-order valence-electron chi connectivity index (χ1n) is 8.71. The monoisotopic (exact) mass is 434 g/mol. The van der Waals surface area contributed by atoms with E-state index < -0.39 is 23.3 Å². The largest absolute Gasteiger partial charge is 0.434 e. The van der Waals surface area contributed by atoms with Crippen LogP contribution in [0, 0.1) is 11.8 Å². The van der Waals surface area contributed by atoms with Gasteiger partial charge in [-0.1, -0.05) is 11.6 Å². The highest BCUT2D eigenvalue weighted by Gasteiger charge is 2.46. The van der Waals surface area contributed by atoms with Gasteiger partial charge < -0.3 is 10.6 Å². The van der Waals surface area contributed by atoms with Crippen LogP contribution in [0.3, 0.4) is 0 Å². The number of alkyl halides is 3. The summed E-state index contributed by atoms with van der Waals surface area (Å²) in [4.78, 5) is 14.3. The van der Waals surface area contributed by atoms with Crippen LogP contribution in [0.4, 0.5) is 13.2 Å². The zero-order chi connectivity index (χ0) is 19.3. The fourth-order valence-corrected chi connectivity index (χ4v) is 4.33. The van der Waals surface area contributed by atoms with Crippen molar-refractivity contribution in [1.29, 1.82) is 0 Å². The third-order valence-corrected chi connectivity index (χ3v) is 5.79. The Morgan fingerprint density at radius 2 is 1.86 bits per heavy atom. The van der Waals surface area contributed by atoms with E-state index in [2.05, 4.69) is 5.10 Å². The molecule has 3 atom stereocenters. The molecule has 1 saturated heterocycles. The maximum Gasteiger partial charge on any atom is 0.434 e. The van der Waals surface area contributed by atoms with Crippen LogP contribution in [0.2, 0.25) is 5.02 Å². The van der Waals surface area contributed by atoms with Crippen LogP contribution in [-0.4, -0.2) is 39.7 Å². The first-order chi connectivity index (χ1) is 12.8. The molecule has 5 nitrogen and oxygen atoms in total. The van der Waals surface area contributed by atoms with E-state index in [1.807, 2.05) is 0 Å². The van der Waals surface area contributed by atoms with Gasteiger partial charge in [0.25, 0.3) is 5.91 Å².